The first-order chi connectivity index (χ1) is 12.9. The molecule has 1 nitrogen and oxygen atoms in total. The van der Waals surface area contributed by atoms with Crippen LogP contribution in [0.5, 0.6) is 0 Å². The lowest BCUT2D eigenvalue weighted by Gasteiger charge is -2.21. The number of hydrogen-bond donors (Lipinski definition) is 0. The predicted octanol–water partition coefficient (Wildman–Crippen LogP) is 5.89. The van der Waals surface area contributed by atoms with E-state index in [9.17, 15) is 0 Å². The van der Waals surface area contributed by atoms with E-state index in [1.807, 2.05) is 39.0 Å². The van der Waals surface area contributed by atoms with E-state index >= 15 is 8.78 Å². The van der Waals surface area contributed by atoms with Gasteiger partial charge in [-0.15, -0.1) is 0 Å². The number of hydrogen-bond acceptors (Lipinski definition) is 1. The number of halogens is 3. The molecule has 3 rings (SSSR count). The molecule has 0 amide bonds. The van der Waals surface area contributed by atoms with Crippen LogP contribution in [0.3, 0.4) is 0 Å². The molecule has 0 aromatic heterocycles. The highest BCUT2D eigenvalue weighted by Crippen LogP contribution is 2.35. The van der Waals surface area contributed by atoms with Crippen molar-refractivity contribution < 1.29 is 13.5 Å². The van der Waals surface area contributed by atoms with Gasteiger partial charge in [0.25, 0.3) is 0 Å². The predicted molar refractivity (Wildman–Crippen MR) is 121 cm³/mol. The lowest BCUT2D eigenvalue weighted by molar-refractivity contribution is -0.221. The van der Waals surface area contributed by atoms with E-state index in [4.69, 9.17) is 4.74 Å². The number of alkyl halides is 3. The molecule has 0 fully saturated rings. The van der Waals surface area contributed by atoms with Gasteiger partial charge >= 0.3 is 6.11 Å². The summed E-state index contributed by atoms with van der Waals surface area (Å²) in [7, 11) is 0. The van der Waals surface area contributed by atoms with Crippen LogP contribution in [0.4, 0.5) is 8.78 Å². The van der Waals surface area contributed by atoms with Crippen LogP contribution in [-0.2, 0) is 10.8 Å². The largest absolute Gasteiger partial charge is 0.429 e. The Morgan fingerprint density at radius 1 is 0.893 bits per heavy atom. The first-order valence-corrected chi connectivity index (χ1v) is 10.3. The minimum Gasteiger partial charge on any atom is -0.429 e. The van der Waals surface area contributed by atoms with Gasteiger partial charge in [0.1, 0.15) is 5.76 Å². The van der Waals surface area contributed by atoms with Gasteiger partial charge in [0, 0.05) is 5.41 Å². The standard InChI is InChI=1S/C24H25F2IO/c1-16-6-9-21(15-23(5,27)13-16)28-24(25,26)20-8-7-18-10-17(2)12-22(3,4)14-19(18)11-20/h6-15H,1-5H3. The molecule has 0 N–H and O–H groups in total. The van der Waals surface area contributed by atoms with Crippen LogP contribution in [0.2, 0.25) is 0 Å². The van der Waals surface area contributed by atoms with Gasteiger partial charge in [-0.2, -0.15) is 8.78 Å². The Hall–Kier alpha value is -1.69. The molecular formula is C24H25F2IO. The Morgan fingerprint density at radius 3 is 2.32 bits per heavy atom. The van der Waals surface area contributed by atoms with Crippen molar-refractivity contribution in [2.75, 3.05) is 0 Å². The number of allylic oxidation sites excluding steroid dienone is 7. The van der Waals surface area contributed by atoms with Crippen LogP contribution in [0, 0.1) is 5.41 Å². The van der Waals surface area contributed by atoms with Crippen molar-refractivity contribution in [2.24, 2.45) is 5.41 Å². The fourth-order valence-electron chi connectivity index (χ4n) is 3.67. The van der Waals surface area contributed by atoms with Crippen LogP contribution in [0.15, 0.2) is 65.5 Å². The van der Waals surface area contributed by atoms with Crippen molar-refractivity contribution in [3.63, 3.8) is 0 Å². The summed E-state index contributed by atoms with van der Waals surface area (Å²) in [4.78, 5) is 0. The summed E-state index contributed by atoms with van der Waals surface area (Å²) in [6, 6.07) is 4.72. The molecule has 2 aliphatic rings. The highest BCUT2D eigenvalue weighted by Gasteiger charge is 2.36. The van der Waals surface area contributed by atoms with Crippen molar-refractivity contribution in [3.05, 3.63) is 81.5 Å². The molecule has 0 heterocycles. The molecule has 1 aromatic rings. The summed E-state index contributed by atoms with van der Waals surface area (Å²) in [5.74, 6) is 0.165. The van der Waals surface area contributed by atoms with Gasteiger partial charge in [-0.1, -0.05) is 84.0 Å². The molecule has 28 heavy (non-hydrogen) atoms. The van der Waals surface area contributed by atoms with Crippen molar-refractivity contribution >= 4 is 34.7 Å². The maximum Gasteiger partial charge on any atom is 0.426 e. The summed E-state index contributed by atoms with van der Waals surface area (Å²) in [5, 5.41) is 1.73. The Bertz CT molecular complexity index is 1040. The Balaban J connectivity index is 2.00. The second-order valence-corrected chi connectivity index (χ2v) is 10.7. The van der Waals surface area contributed by atoms with Gasteiger partial charge in [0.05, 0.1) is 8.99 Å². The minimum atomic E-state index is -3.43. The van der Waals surface area contributed by atoms with Crippen LogP contribution in [0.1, 0.15) is 40.2 Å². The summed E-state index contributed by atoms with van der Waals surface area (Å²) in [6.07, 6.45) is 9.89. The van der Waals surface area contributed by atoms with E-state index in [1.54, 1.807) is 24.3 Å². The van der Waals surface area contributed by atoms with Gasteiger partial charge < -0.3 is 4.74 Å². The molecule has 0 bridgehead atoms. The summed E-state index contributed by atoms with van der Waals surface area (Å²) in [6.45, 7) is 10.1. The lowest BCUT2D eigenvalue weighted by Crippen LogP contribution is -2.29. The molecule has 148 valence electrons. The maximum absolute atomic E-state index is 15.0. The smallest absolute Gasteiger partial charge is 0.426 e. The zero-order valence-corrected chi connectivity index (χ0v) is 19.0. The van der Waals surface area contributed by atoms with Gasteiger partial charge in [0.15, 0.2) is 0 Å². The molecule has 1 atom stereocenters. The summed E-state index contributed by atoms with van der Waals surface area (Å²) in [5.41, 5.74) is 1.77. The monoisotopic (exact) mass is 494 g/mol. The van der Waals surface area contributed by atoms with Crippen LogP contribution < -0.4 is 10.4 Å². The van der Waals surface area contributed by atoms with Gasteiger partial charge in [0.2, 0.25) is 0 Å². The second kappa shape index (κ2) is 7.29. The third kappa shape index (κ3) is 5.02. The van der Waals surface area contributed by atoms with Crippen LogP contribution >= 0.6 is 22.6 Å². The van der Waals surface area contributed by atoms with Crippen molar-refractivity contribution in [1.82, 2.24) is 0 Å². The third-order valence-electron chi connectivity index (χ3n) is 4.62. The zero-order valence-electron chi connectivity index (χ0n) is 16.8. The lowest BCUT2D eigenvalue weighted by atomic mass is 9.91. The highest BCUT2D eigenvalue weighted by molar-refractivity contribution is 14.1. The Labute approximate surface area is 179 Å². The quantitative estimate of drug-likeness (QED) is 0.376. The average Bonchev–Trinajstić information content (AvgIpc) is 2.71. The first kappa shape index (κ1) is 21.0. The Morgan fingerprint density at radius 2 is 1.61 bits per heavy atom. The number of benzene rings is 1. The van der Waals surface area contributed by atoms with E-state index < -0.39 is 6.11 Å². The van der Waals surface area contributed by atoms with E-state index in [1.165, 1.54) is 12.1 Å². The molecule has 1 aromatic carbocycles. The molecule has 1 unspecified atom stereocenters. The fourth-order valence-corrected chi connectivity index (χ4v) is 4.47. The molecular weight excluding hydrogens is 469 g/mol. The normalized spacial score (nSPS) is 23.8. The number of fused-ring (bicyclic) bond motifs is 1. The first-order valence-electron chi connectivity index (χ1n) is 9.26. The van der Waals surface area contributed by atoms with E-state index in [0.29, 0.717) is 0 Å². The number of ether oxygens (including phenoxy) is 1. The minimum absolute atomic E-state index is 0.148. The maximum atomic E-state index is 15.0. The molecule has 0 aliphatic heterocycles. The zero-order chi connectivity index (χ0) is 20.7. The fraction of sp³-hybridized carbons (Fsp3) is 0.333. The molecule has 0 saturated heterocycles. The SMILES string of the molecule is CC1=CC(C)(C)C=c2cc(C(F)(F)OC3=CC(C)(I)C=C(C)C=C3)ccc2=C1. The summed E-state index contributed by atoms with van der Waals surface area (Å²) < 4.78 is 34.8. The van der Waals surface area contributed by atoms with Gasteiger partial charge in [-0.05, 0) is 55.5 Å². The van der Waals surface area contributed by atoms with Gasteiger partial charge in [-0.25, -0.2) is 0 Å². The third-order valence-corrected chi connectivity index (χ3v) is 5.25. The van der Waals surface area contributed by atoms with E-state index in [0.717, 1.165) is 21.6 Å². The van der Waals surface area contributed by atoms with Crippen molar-refractivity contribution in [1.29, 1.82) is 0 Å². The number of rotatable bonds is 3. The molecule has 0 radical (unpaired) electrons. The topological polar surface area (TPSA) is 9.23 Å². The molecule has 4 heteroatoms. The van der Waals surface area contributed by atoms with Crippen LogP contribution in [0.25, 0.3) is 12.2 Å². The molecule has 2 aliphatic carbocycles. The van der Waals surface area contributed by atoms with Crippen LogP contribution in [-0.4, -0.2) is 3.42 Å². The van der Waals surface area contributed by atoms with Crippen molar-refractivity contribution in [3.8, 4) is 0 Å². The molecule has 0 saturated carbocycles. The average molecular weight is 494 g/mol. The Kier molecular flexibility index (Phi) is 5.47. The summed E-state index contributed by atoms with van der Waals surface area (Å²) >= 11 is 2.22. The molecule has 0 spiro atoms. The highest BCUT2D eigenvalue weighted by atomic mass is 127. The van der Waals surface area contributed by atoms with Crippen molar-refractivity contribution in [2.45, 2.75) is 44.1 Å². The second-order valence-electron chi connectivity index (χ2n) is 8.38. The van der Waals surface area contributed by atoms with E-state index in [2.05, 4.69) is 42.5 Å². The van der Waals surface area contributed by atoms with Gasteiger partial charge in [-0.3, -0.25) is 0 Å². The van der Waals surface area contributed by atoms with E-state index in [-0.39, 0.29) is 20.2 Å².